The minimum absolute atomic E-state index is 0.0300. The molecule has 1 aliphatic heterocycles. The molecule has 140 valence electrons. The third kappa shape index (κ3) is 3.52. The number of aliphatic hydroxyl groups is 1. The quantitative estimate of drug-likeness (QED) is 0.829. The van der Waals surface area contributed by atoms with Crippen LogP contribution in [0.25, 0.3) is 11.4 Å². The fourth-order valence-electron chi connectivity index (χ4n) is 3.72. The van der Waals surface area contributed by atoms with Crippen LogP contribution in [0.3, 0.4) is 0 Å². The molecule has 1 N–H and O–H groups in total. The number of rotatable bonds is 4. The minimum Gasteiger partial charge on any atom is -0.391 e. The fraction of sp³-hybridized carbons (Fsp3) is 0.529. The maximum absolute atomic E-state index is 11.8. The number of hydrogen-bond acceptors (Lipinski definition) is 6. The lowest BCUT2D eigenvalue weighted by atomic mass is 10.2. The highest BCUT2D eigenvalue weighted by Gasteiger charge is 2.39. The van der Waals surface area contributed by atoms with Crippen LogP contribution in [0.1, 0.15) is 31.7 Å². The van der Waals surface area contributed by atoms with Crippen LogP contribution in [0.4, 0.5) is 0 Å². The fourth-order valence-corrected chi connectivity index (χ4v) is 7.53. The van der Waals surface area contributed by atoms with Crippen LogP contribution in [0, 0.1) is 0 Å². The second-order valence-corrected chi connectivity index (χ2v) is 10.7. The summed E-state index contributed by atoms with van der Waals surface area (Å²) >= 11 is 7.68. The molecule has 2 aliphatic rings. The van der Waals surface area contributed by atoms with Crippen LogP contribution < -0.4 is 0 Å². The van der Waals surface area contributed by atoms with E-state index < -0.39 is 21.2 Å². The van der Waals surface area contributed by atoms with Crippen molar-refractivity contribution in [2.45, 2.75) is 48.2 Å². The van der Waals surface area contributed by atoms with Crippen LogP contribution in [-0.2, 0) is 9.84 Å². The summed E-state index contributed by atoms with van der Waals surface area (Å²) in [6.07, 6.45) is 3.50. The Hall–Kier alpha value is -1.09. The Kier molecular flexibility index (Phi) is 5.02. The van der Waals surface area contributed by atoms with Gasteiger partial charge in [-0.05, 0) is 25.0 Å². The summed E-state index contributed by atoms with van der Waals surface area (Å²) in [6.45, 7) is 0. The molecule has 0 spiro atoms. The van der Waals surface area contributed by atoms with E-state index in [-0.39, 0.29) is 17.5 Å². The highest BCUT2D eigenvalue weighted by atomic mass is 35.5. The smallest absolute Gasteiger partial charge is 0.192 e. The van der Waals surface area contributed by atoms with Crippen LogP contribution in [0.15, 0.2) is 29.4 Å². The van der Waals surface area contributed by atoms with Crippen molar-refractivity contribution in [1.29, 1.82) is 0 Å². The van der Waals surface area contributed by atoms with Gasteiger partial charge < -0.3 is 5.11 Å². The number of nitrogens with zero attached hydrogens (tertiary/aromatic N) is 3. The second kappa shape index (κ2) is 7.14. The van der Waals surface area contributed by atoms with E-state index >= 15 is 0 Å². The molecule has 1 aliphatic carbocycles. The molecule has 1 saturated carbocycles. The van der Waals surface area contributed by atoms with Crippen molar-refractivity contribution in [3.8, 4) is 11.4 Å². The van der Waals surface area contributed by atoms with Crippen molar-refractivity contribution < 1.29 is 13.5 Å². The summed E-state index contributed by atoms with van der Waals surface area (Å²) in [5.41, 5.74) is 0.819. The molecule has 9 heteroatoms. The molecule has 0 bridgehead atoms. The average molecular weight is 414 g/mol. The van der Waals surface area contributed by atoms with Crippen molar-refractivity contribution in [1.82, 2.24) is 14.8 Å². The third-order valence-corrected chi connectivity index (χ3v) is 8.53. The topological polar surface area (TPSA) is 85.1 Å². The standard InChI is InChI=1S/C17H20ClN3O3S2/c18-13-8-4-3-7-12(13)16-19-20-17(21(16)11-5-1-2-6-11)25-15-10-26(23,24)9-14(15)22/h3-4,7-8,11,14-15,22H,1-2,5-6,9-10H2/t14-,15-/m0/s1. The van der Waals surface area contributed by atoms with Gasteiger partial charge in [-0.2, -0.15) is 0 Å². The van der Waals surface area contributed by atoms with Gasteiger partial charge >= 0.3 is 0 Å². The van der Waals surface area contributed by atoms with Crippen molar-refractivity contribution in [3.05, 3.63) is 29.3 Å². The molecule has 2 fully saturated rings. The lowest BCUT2D eigenvalue weighted by Gasteiger charge is -2.19. The zero-order valence-corrected chi connectivity index (χ0v) is 16.5. The molecule has 0 unspecified atom stereocenters. The van der Waals surface area contributed by atoms with E-state index in [4.69, 9.17) is 11.6 Å². The van der Waals surface area contributed by atoms with Crippen molar-refractivity contribution >= 4 is 33.2 Å². The van der Waals surface area contributed by atoms with E-state index in [9.17, 15) is 13.5 Å². The van der Waals surface area contributed by atoms with E-state index in [1.165, 1.54) is 11.8 Å². The summed E-state index contributed by atoms with van der Waals surface area (Å²) in [5.74, 6) is 0.498. The third-order valence-electron chi connectivity index (χ3n) is 5.00. The van der Waals surface area contributed by atoms with Gasteiger partial charge in [-0.1, -0.05) is 48.3 Å². The average Bonchev–Trinajstić information content (AvgIpc) is 3.28. The number of aliphatic hydroxyl groups excluding tert-OH is 1. The normalized spacial score (nSPS) is 25.8. The van der Waals surface area contributed by atoms with E-state index in [1.807, 2.05) is 24.3 Å². The number of hydrogen-bond donors (Lipinski definition) is 1. The molecule has 0 radical (unpaired) electrons. The SMILES string of the molecule is O=S1(=O)C[C@H](Sc2nnc(-c3ccccc3Cl)n2C2CCCC2)[C@@H](O)C1. The van der Waals surface area contributed by atoms with E-state index in [1.54, 1.807) is 0 Å². The Morgan fingerprint density at radius 3 is 2.54 bits per heavy atom. The Morgan fingerprint density at radius 2 is 1.88 bits per heavy atom. The summed E-state index contributed by atoms with van der Waals surface area (Å²) in [4.78, 5) is 0. The zero-order chi connectivity index (χ0) is 18.3. The largest absolute Gasteiger partial charge is 0.391 e. The maximum Gasteiger partial charge on any atom is 0.192 e. The van der Waals surface area contributed by atoms with Crippen molar-refractivity contribution in [2.75, 3.05) is 11.5 Å². The lowest BCUT2D eigenvalue weighted by molar-refractivity contribution is 0.207. The van der Waals surface area contributed by atoms with Crippen molar-refractivity contribution in [3.63, 3.8) is 0 Å². The number of aromatic nitrogens is 3. The molecular formula is C17H20ClN3O3S2. The molecule has 26 heavy (non-hydrogen) atoms. The number of sulfone groups is 1. The molecular weight excluding hydrogens is 394 g/mol. The monoisotopic (exact) mass is 413 g/mol. The number of benzene rings is 1. The summed E-state index contributed by atoms with van der Waals surface area (Å²) in [5, 5.41) is 19.7. The summed E-state index contributed by atoms with van der Waals surface area (Å²) < 4.78 is 25.7. The highest BCUT2D eigenvalue weighted by molar-refractivity contribution is 8.01. The summed E-state index contributed by atoms with van der Waals surface area (Å²) in [6, 6.07) is 7.80. The summed E-state index contributed by atoms with van der Waals surface area (Å²) in [7, 11) is -3.20. The molecule has 1 aromatic heterocycles. The highest BCUT2D eigenvalue weighted by Crippen LogP contribution is 2.40. The first-order valence-corrected chi connectivity index (χ1v) is 11.8. The molecule has 1 aromatic carbocycles. The van der Waals surface area contributed by atoms with Crippen molar-refractivity contribution in [2.24, 2.45) is 0 Å². The predicted molar refractivity (Wildman–Crippen MR) is 102 cm³/mol. The van der Waals surface area contributed by atoms with Gasteiger partial charge in [-0.25, -0.2) is 8.42 Å². The Bertz CT molecular complexity index is 910. The number of thioether (sulfide) groups is 1. The molecule has 2 heterocycles. The Morgan fingerprint density at radius 1 is 1.15 bits per heavy atom. The number of halogens is 1. The predicted octanol–water partition coefficient (Wildman–Crippen LogP) is 2.96. The Labute approximate surface area is 161 Å². The van der Waals surface area contributed by atoms with Crippen LogP contribution >= 0.6 is 23.4 Å². The van der Waals surface area contributed by atoms with Gasteiger partial charge in [0.05, 0.1) is 27.9 Å². The van der Waals surface area contributed by atoms with Gasteiger partial charge in [0.2, 0.25) is 0 Å². The van der Waals surface area contributed by atoms with Gasteiger partial charge in [0.25, 0.3) is 0 Å². The molecule has 0 amide bonds. The van der Waals surface area contributed by atoms with Gasteiger partial charge in [-0.15, -0.1) is 10.2 Å². The molecule has 2 atom stereocenters. The second-order valence-electron chi connectivity index (χ2n) is 6.89. The van der Waals surface area contributed by atoms with E-state index in [2.05, 4.69) is 14.8 Å². The first-order valence-electron chi connectivity index (χ1n) is 8.69. The maximum atomic E-state index is 11.8. The van der Waals surface area contributed by atoms with Crippen LogP contribution in [0.5, 0.6) is 0 Å². The van der Waals surface area contributed by atoms with Gasteiger partial charge in [0.15, 0.2) is 20.8 Å². The van der Waals surface area contributed by atoms with Crippen LogP contribution in [0.2, 0.25) is 5.02 Å². The first kappa shape index (κ1) is 18.3. The molecule has 1 saturated heterocycles. The van der Waals surface area contributed by atoms with Crippen LogP contribution in [-0.4, -0.2) is 51.1 Å². The van der Waals surface area contributed by atoms with Gasteiger partial charge in [-0.3, -0.25) is 4.57 Å². The van der Waals surface area contributed by atoms with E-state index in [0.29, 0.717) is 16.0 Å². The molecule has 6 nitrogen and oxygen atoms in total. The first-order chi connectivity index (χ1) is 12.4. The van der Waals surface area contributed by atoms with E-state index in [0.717, 1.165) is 31.2 Å². The molecule has 4 rings (SSSR count). The zero-order valence-electron chi connectivity index (χ0n) is 14.1. The lowest BCUT2D eigenvalue weighted by Crippen LogP contribution is -2.21. The van der Waals surface area contributed by atoms with Gasteiger partial charge in [0.1, 0.15) is 0 Å². The Balaban J connectivity index is 1.72. The molecule has 2 aromatic rings. The minimum atomic E-state index is -3.20. The van der Waals surface area contributed by atoms with Gasteiger partial charge in [0, 0.05) is 11.6 Å².